The average molecular weight is 517 g/mol. The minimum absolute atomic E-state index is 0. The Morgan fingerprint density at radius 1 is 1.50 bits per heavy atom. The number of hydrogen-bond donors (Lipinski definition) is 1. The van der Waals surface area contributed by atoms with Crippen LogP contribution in [0.2, 0.25) is 0 Å². The number of carbonyl (C=O) groups is 2. The summed E-state index contributed by atoms with van der Waals surface area (Å²) in [6.07, 6.45) is 5.19. The second-order valence-electron chi connectivity index (χ2n) is 3.24. The zero-order valence-electron chi connectivity index (χ0n) is 11.5. The molecule has 0 saturated heterocycles. The molecular formula is C14H17NO3SU. The molecule has 4 nitrogen and oxygen atoms in total. The summed E-state index contributed by atoms with van der Waals surface area (Å²) >= 11 is 3.59. The minimum atomic E-state index is -0.647. The number of rotatable bonds is 4. The molecule has 20 heavy (non-hydrogen) atoms. The molecule has 0 unspecified atom stereocenters. The maximum absolute atomic E-state index is 11.6. The zero-order chi connectivity index (χ0) is 14.8. The molecule has 6 heteroatoms. The summed E-state index contributed by atoms with van der Waals surface area (Å²) in [7, 11) is 0. The minimum Gasteiger partial charge on any atom is -0.483 e. The predicted octanol–water partition coefficient (Wildman–Crippen LogP) is 3.31. The van der Waals surface area contributed by atoms with Crippen molar-refractivity contribution in [2.45, 2.75) is 13.8 Å². The Balaban J connectivity index is 0. The van der Waals surface area contributed by atoms with Crippen LogP contribution in [-0.4, -0.2) is 22.6 Å². The van der Waals surface area contributed by atoms with Gasteiger partial charge in [0.25, 0.3) is 11.1 Å². The molecule has 0 radical (unpaired) electrons. The van der Waals surface area contributed by atoms with Crippen LogP contribution >= 0.6 is 12.6 Å². The number of hydrogen-bond acceptors (Lipinski definition) is 3. The van der Waals surface area contributed by atoms with Gasteiger partial charge >= 0.3 is 31.1 Å². The molecule has 0 atom stereocenters. The van der Waals surface area contributed by atoms with Crippen LogP contribution in [-0.2, 0) is 4.79 Å². The van der Waals surface area contributed by atoms with Gasteiger partial charge in [-0.15, -0.1) is 6.54 Å². The van der Waals surface area contributed by atoms with Crippen LogP contribution in [0, 0.1) is 51.0 Å². The Labute approximate surface area is 149 Å². The first-order valence-electron chi connectivity index (χ1n) is 5.54. The van der Waals surface area contributed by atoms with E-state index in [1.165, 1.54) is 12.2 Å². The quantitative estimate of drug-likeness (QED) is 0.379. The maximum Gasteiger partial charge on any atom is 2.00 e. The van der Waals surface area contributed by atoms with Gasteiger partial charge in [-0.25, -0.2) is 0 Å². The standard InChI is InChI=1S/C12H12NO3S.C2H5.U/c1-3-8-13(12(15)17)11(14)7-6-10-5-4-9(2)16-10;1-2;/h4-7H,1,8H2,2H3,(H,15,17);1H2,2H3;/q2*-1;+2/b7-6+;;. The first kappa shape index (κ1) is 21.6. The zero-order valence-corrected chi connectivity index (χ0v) is 16.6. The summed E-state index contributed by atoms with van der Waals surface area (Å²) in [6.45, 7) is 10.1. The largest absolute Gasteiger partial charge is 2.00 e. The van der Waals surface area contributed by atoms with Crippen molar-refractivity contribution in [2.24, 2.45) is 0 Å². The molecule has 0 aliphatic heterocycles. The average Bonchev–Trinajstić information content (AvgIpc) is 2.81. The van der Waals surface area contributed by atoms with Crippen LogP contribution in [0.15, 0.2) is 29.2 Å². The molecule has 1 aromatic rings. The topological polar surface area (TPSA) is 50.5 Å². The molecule has 106 valence electrons. The van der Waals surface area contributed by atoms with Crippen LogP contribution in [0.1, 0.15) is 18.4 Å². The smallest absolute Gasteiger partial charge is 0.483 e. The molecule has 1 heterocycles. The molecule has 0 saturated carbocycles. The van der Waals surface area contributed by atoms with Crippen molar-refractivity contribution in [1.82, 2.24) is 4.90 Å². The summed E-state index contributed by atoms with van der Waals surface area (Å²) in [5, 5.41) is -0.647. The van der Waals surface area contributed by atoms with Crippen molar-refractivity contribution in [2.75, 3.05) is 6.54 Å². The third-order valence-electron chi connectivity index (χ3n) is 1.92. The van der Waals surface area contributed by atoms with E-state index in [9.17, 15) is 9.59 Å². The van der Waals surface area contributed by atoms with E-state index in [4.69, 9.17) is 4.42 Å². The molecule has 0 aromatic carbocycles. The van der Waals surface area contributed by atoms with Crippen molar-refractivity contribution in [3.05, 3.63) is 49.3 Å². The van der Waals surface area contributed by atoms with E-state index in [0.29, 0.717) is 5.76 Å². The van der Waals surface area contributed by atoms with Crippen LogP contribution in [0.4, 0.5) is 4.79 Å². The SMILES string of the molecule is C=[C-]CN(C(=O)S)C(=O)/C=C/c1ccc(C)o1.[CH2-]C.[U+2]. The third kappa shape index (κ3) is 7.79. The van der Waals surface area contributed by atoms with Crippen LogP contribution < -0.4 is 0 Å². The second-order valence-corrected chi connectivity index (χ2v) is 3.62. The van der Waals surface area contributed by atoms with Crippen molar-refractivity contribution in [3.63, 3.8) is 0 Å². The Hall–Kier alpha value is -0.698. The number of nitrogens with zero attached hydrogens (tertiary/aromatic N) is 1. The summed E-state index contributed by atoms with van der Waals surface area (Å²) in [5.74, 6) is 0.804. The van der Waals surface area contributed by atoms with Gasteiger partial charge in [-0.05, 0) is 25.1 Å². The van der Waals surface area contributed by atoms with E-state index in [0.717, 1.165) is 10.7 Å². The van der Waals surface area contributed by atoms with Crippen molar-refractivity contribution >= 4 is 29.9 Å². The molecule has 1 rings (SSSR count). The summed E-state index contributed by atoms with van der Waals surface area (Å²) in [6, 6.07) is 3.51. The van der Waals surface area contributed by atoms with E-state index in [1.54, 1.807) is 26.0 Å². The van der Waals surface area contributed by atoms with Crippen LogP contribution in [0.25, 0.3) is 6.08 Å². The van der Waals surface area contributed by atoms with Gasteiger partial charge in [0.15, 0.2) is 0 Å². The molecule has 0 N–H and O–H groups in total. The van der Waals surface area contributed by atoms with Crippen LogP contribution in [0.5, 0.6) is 0 Å². The van der Waals surface area contributed by atoms with E-state index >= 15 is 0 Å². The summed E-state index contributed by atoms with van der Waals surface area (Å²) in [4.78, 5) is 23.6. The predicted molar refractivity (Wildman–Crippen MR) is 78.5 cm³/mol. The number of furan rings is 1. The first-order valence-corrected chi connectivity index (χ1v) is 5.99. The fraction of sp³-hybridized carbons (Fsp3) is 0.214. The Kier molecular flexibility index (Phi) is 13.0. The monoisotopic (exact) mass is 517 g/mol. The maximum atomic E-state index is 11.6. The van der Waals surface area contributed by atoms with Gasteiger partial charge in [0.2, 0.25) is 0 Å². The first-order chi connectivity index (χ1) is 9.04. The van der Waals surface area contributed by atoms with E-state index in [-0.39, 0.29) is 37.7 Å². The van der Waals surface area contributed by atoms with Gasteiger partial charge in [-0.3, -0.25) is 21.1 Å². The van der Waals surface area contributed by atoms with Gasteiger partial charge in [-0.2, -0.15) is 6.92 Å². The van der Waals surface area contributed by atoms with E-state index in [2.05, 4.69) is 32.2 Å². The van der Waals surface area contributed by atoms with Gasteiger partial charge in [-0.1, -0.05) is 12.6 Å². The second kappa shape index (κ2) is 12.1. The molecular weight excluding hydrogens is 500 g/mol. The van der Waals surface area contributed by atoms with Crippen molar-refractivity contribution in [1.29, 1.82) is 0 Å². The number of aryl methyl sites for hydroxylation is 1. The molecule has 2 amide bonds. The number of amides is 2. The van der Waals surface area contributed by atoms with Crippen LogP contribution in [0.3, 0.4) is 0 Å². The van der Waals surface area contributed by atoms with E-state index < -0.39 is 11.1 Å². The fourth-order valence-corrected chi connectivity index (χ4v) is 1.31. The molecule has 0 fully saturated rings. The molecule has 0 bridgehead atoms. The van der Waals surface area contributed by atoms with Gasteiger partial charge in [0.1, 0.15) is 11.5 Å². The van der Waals surface area contributed by atoms with Gasteiger partial charge in [0, 0.05) is 6.08 Å². The van der Waals surface area contributed by atoms with E-state index in [1.807, 2.05) is 0 Å². The number of thiol groups is 1. The Morgan fingerprint density at radius 3 is 2.50 bits per heavy atom. The number of carbonyl (C=O) groups excluding carboxylic acids is 2. The van der Waals surface area contributed by atoms with Gasteiger partial charge < -0.3 is 17.4 Å². The molecule has 1 aromatic heterocycles. The summed E-state index contributed by atoms with van der Waals surface area (Å²) in [5.41, 5.74) is 0. The molecule has 0 aliphatic carbocycles. The fourth-order valence-electron chi connectivity index (χ4n) is 1.14. The van der Waals surface area contributed by atoms with Crippen molar-refractivity contribution < 1.29 is 45.1 Å². The number of imide groups is 1. The Morgan fingerprint density at radius 2 is 2.10 bits per heavy atom. The van der Waals surface area contributed by atoms with Gasteiger partial charge in [0.05, 0.1) is 0 Å². The third-order valence-corrected chi connectivity index (χ3v) is 2.16. The molecule has 0 spiro atoms. The summed E-state index contributed by atoms with van der Waals surface area (Å²) < 4.78 is 5.24. The normalized spacial score (nSPS) is 9.20. The molecule has 0 aliphatic rings. The Bertz CT molecular complexity index is 469. The van der Waals surface area contributed by atoms with Crippen molar-refractivity contribution in [3.8, 4) is 0 Å².